The number of benzene rings is 1. The smallest absolute Gasteiger partial charge is 0.257 e. The van der Waals surface area contributed by atoms with Crippen molar-refractivity contribution in [3.05, 3.63) is 23.8 Å². The van der Waals surface area contributed by atoms with Crippen LogP contribution in [0.5, 0.6) is 11.5 Å². The van der Waals surface area contributed by atoms with E-state index in [1.165, 1.54) is 26.2 Å². The first-order valence-electron chi connectivity index (χ1n) is 8.42. The second-order valence-corrected chi connectivity index (χ2v) is 6.07. The van der Waals surface area contributed by atoms with Gasteiger partial charge in [-0.2, -0.15) is 0 Å². The Hall–Kier alpha value is -2.35. The Morgan fingerprint density at radius 1 is 1.19 bits per heavy atom. The van der Waals surface area contributed by atoms with E-state index < -0.39 is 11.6 Å². The van der Waals surface area contributed by atoms with Crippen molar-refractivity contribution in [2.24, 2.45) is 0 Å². The summed E-state index contributed by atoms with van der Waals surface area (Å²) in [5.74, 6) is 0.0614. The molecule has 8 heteroatoms. The Labute approximate surface area is 152 Å². The van der Waals surface area contributed by atoms with Crippen LogP contribution in [0, 0.1) is 0 Å². The zero-order valence-electron chi connectivity index (χ0n) is 15.3. The molecule has 0 bridgehead atoms. The van der Waals surface area contributed by atoms with Gasteiger partial charge in [0.1, 0.15) is 11.5 Å². The van der Waals surface area contributed by atoms with E-state index in [0.717, 1.165) is 0 Å². The molecule has 1 fully saturated rings. The van der Waals surface area contributed by atoms with Crippen molar-refractivity contribution in [1.29, 1.82) is 0 Å². The maximum Gasteiger partial charge on any atom is 0.257 e. The second kappa shape index (κ2) is 8.84. The van der Waals surface area contributed by atoms with Gasteiger partial charge in [0.15, 0.2) is 5.67 Å². The van der Waals surface area contributed by atoms with Crippen molar-refractivity contribution >= 4 is 11.8 Å². The molecule has 0 atom stereocenters. The number of hydrogen-bond acceptors (Lipinski definition) is 5. The van der Waals surface area contributed by atoms with E-state index in [-0.39, 0.29) is 38.4 Å². The van der Waals surface area contributed by atoms with Gasteiger partial charge in [-0.15, -0.1) is 0 Å². The molecule has 7 nitrogen and oxygen atoms in total. The molecule has 2 amide bonds. The molecule has 1 aromatic rings. The Bertz CT molecular complexity index is 644. The molecule has 0 aliphatic carbocycles. The summed E-state index contributed by atoms with van der Waals surface area (Å²) in [5, 5.41) is 2.52. The number of alkyl halides is 1. The predicted molar refractivity (Wildman–Crippen MR) is 93.4 cm³/mol. The van der Waals surface area contributed by atoms with Crippen LogP contribution in [0.3, 0.4) is 0 Å². The van der Waals surface area contributed by atoms with E-state index >= 15 is 0 Å². The first-order chi connectivity index (χ1) is 12.4. The minimum atomic E-state index is -1.96. The molecule has 2 rings (SSSR count). The quantitative estimate of drug-likeness (QED) is 0.737. The van der Waals surface area contributed by atoms with Crippen LogP contribution in [0.4, 0.5) is 4.39 Å². The van der Waals surface area contributed by atoms with Crippen LogP contribution in [0.15, 0.2) is 18.2 Å². The summed E-state index contributed by atoms with van der Waals surface area (Å²) in [7, 11) is 4.51. The van der Waals surface area contributed by atoms with Gasteiger partial charge in [-0.1, -0.05) is 0 Å². The summed E-state index contributed by atoms with van der Waals surface area (Å²) in [6.45, 7) is 0.890. The summed E-state index contributed by atoms with van der Waals surface area (Å²) in [6.07, 6.45) is -0.0912. The summed E-state index contributed by atoms with van der Waals surface area (Å²) in [4.78, 5) is 26.3. The van der Waals surface area contributed by atoms with Gasteiger partial charge in [-0.05, 0) is 12.1 Å². The molecule has 1 N–H and O–H groups in total. The van der Waals surface area contributed by atoms with Gasteiger partial charge >= 0.3 is 0 Å². The van der Waals surface area contributed by atoms with Crippen LogP contribution >= 0.6 is 0 Å². The number of halogens is 1. The maximum atomic E-state index is 14.8. The highest BCUT2D eigenvalue weighted by Crippen LogP contribution is 2.30. The third-order valence-electron chi connectivity index (χ3n) is 4.48. The summed E-state index contributed by atoms with van der Waals surface area (Å²) < 4.78 is 30.1. The van der Waals surface area contributed by atoms with Gasteiger partial charge in [0.2, 0.25) is 0 Å². The van der Waals surface area contributed by atoms with Crippen LogP contribution in [-0.2, 0) is 9.53 Å². The number of likely N-dealkylation sites (tertiary alicyclic amines) is 1. The molecule has 1 aliphatic rings. The number of amides is 2. The van der Waals surface area contributed by atoms with Crippen LogP contribution in [0.1, 0.15) is 23.2 Å². The summed E-state index contributed by atoms with van der Waals surface area (Å²) in [5.41, 5.74) is -1.58. The SMILES string of the molecule is COCCNC(=O)C1(F)CCN(C(=O)c2ccc(OC)cc2OC)CC1. The fraction of sp³-hybridized carbons (Fsp3) is 0.556. The number of carbonyl (C=O) groups is 2. The van der Waals surface area contributed by atoms with Gasteiger partial charge < -0.3 is 24.4 Å². The molecule has 1 heterocycles. The van der Waals surface area contributed by atoms with Crippen LogP contribution in [0.2, 0.25) is 0 Å². The minimum absolute atomic E-state index is 0.0456. The second-order valence-electron chi connectivity index (χ2n) is 6.07. The Morgan fingerprint density at radius 2 is 1.88 bits per heavy atom. The number of piperidine rings is 1. The maximum absolute atomic E-state index is 14.8. The fourth-order valence-corrected chi connectivity index (χ4v) is 2.86. The van der Waals surface area contributed by atoms with Gasteiger partial charge in [0, 0.05) is 45.7 Å². The summed E-state index contributed by atoms with van der Waals surface area (Å²) >= 11 is 0. The first-order valence-corrected chi connectivity index (χ1v) is 8.42. The number of rotatable bonds is 7. The molecule has 1 saturated heterocycles. The lowest BCUT2D eigenvalue weighted by Crippen LogP contribution is -2.52. The molecule has 0 saturated carbocycles. The average molecular weight is 368 g/mol. The number of ether oxygens (including phenoxy) is 3. The highest BCUT2D eigenvalue weighted by molar-refractivity contribution is 5.97. The molecule has 26 heavy (non-hydrogen) atoms. The lowest BCUT2D eigenvalue weighted by molar-refractivity contribution is -0.135. The van der Waals surface area contributed by atoms with E-state index in [2.05, 4.69) is 5.32 Å². The topological polar surface area (TPSA) is 77.1 Å². The van der Waals surface area contributed by atoms with E-state index in [1.54, 1.807) is 18.2 Å². The van der Waals surface area contributed by atoms with Crippen molar-refractivity contribution in [1.82, 2.24) is 10.2 Å². The third-order valence-corrected chi connectivity index (χ3v) is 4.48. The molecule has 0 spiro atoms. The zero-order chi connectivity index (χ0) is 19.2. The highest BCUT2D eigenvalue weighted by atomic mass is 19.1. The predicted octanol–water partition coefficient (Wildman–Crippen LogP) is 1.41. The Morgan fingerprint density at radius 3 is 2.46 bits per heavy atom. The first kappa shape index (κ1) is 20.0. The number of methoxy groups -OCH3 is 3. The molecular weight excluding hydrogens is 343 g/mol. The number of hydrogen-bond donors (Lipinski definition) is 1. The summed E-state index contributed by atoms with van der Waals surface area (Å²) in [6, 6.07) is 4.91. The van der Waals surface area contributed by atoms with E-state index in [9.17, 15) is 14.0 Å². The standard InChI is InChI=1S/C18H25FN2O5/c1-24-11-8-20-17(23)18(19)6-9-21(10-7-18)16(22)14-5-4-13(25-2)12-15(14)26-3/h4-5,12H,6-11H2,1-3H3,(H,20,23). The minimum Gasteiger partial charge on any atom is -0.497 e. The van der Waals surface area contributed by atoms with Crippen LogP contribution in [-0.4, -0.2) is 70.0 Å². The van der Waals surface area contributed by atoms with Gasteiger partial charge in [-0.3, -0.25) is 9.59 Å². The third kappa shape index (κ3) is 4.43. The van der Waals surface area contributed by atoms with E-state index in [4.69, 9.17) is 14.2 Å². The Balaban J connectivity index is 2.01. The van der Waals surface area contributed by atoms with E-state index in [1.807, 2.05) is 0 Å². The van der Waals surface area contributed by atoms with Gasteiger partial charge in [0.25, 0.3) is 11.8 Å². The fourth-order valence-electron chi connectivity index (χ4n) is 2.86. The molecule has 0 aromatic heterocycles. The normalized spacial score (nSPS) is 16.1. The largest absolute Gasteiger partial charge is 0.497 e. The molecule has 144 valence electrons. The van der Waals surface area contributed by atoms with Crippen molar-refractivity contribution < 1.29 is 28.2 Å². The number of carbonyl (C=O) groups excluding carboxylic acids is 2. The van der Waals surface area contributed by atoms with Gasteiger partial charge in [-0.25, -0.2) is 4.39 Å². The van der Waals surface area contributed by atoms with Crippen LogP contribution in [0.25, 0.3) is 0 Å². The number of nitrogens with one attached hydrogen (secondary N) is 1. The monoisotopic (exact) mass is 368 g/mol. The van der Waals surface area contributed by atoms with Crippen molar-refractivity contribution in [3.8, 4) is 11.5 Å². The molecule has 0 unspecified atom stereocenters. The lowest BCUT2D eigenvalue weighted by atomic mass is 9.92. The van der Waals surface area contributed by atoms with E-state index in [0.29, 0.717) is 23.7 Å². The molecule has 1 aliphatic heterocycles. The molecule has 0 radical (unpaired) electrons. The number of nitrogens with zero attached hydrogens (tertiary/aromatic N) is 1. The molecular formula is C18H25FN2O5. The lowest BCUT2D eigenvalue weighted by Gasteiger charge is -2.35. The highest BCUT2D eigenvalue weighted by Gasteiger charge is 2.42. The molecule has 1 aromatic carbocycles. The zero-order valence-corrected chi connectivity index (χ0v) is 15.3. The van der Waals surface area contributed by atoms with Gasteiger partial charge in [0.05, 0.1) is 26.4 Å². The van der Waals surface area contributed by atoms with Crippen LogP contribution < -0.4 is 14.8 Å². The Kier molecular flexibility index (Phi) is 6.79. The van der Waals surface area contributed by atoms with Crippen molar-refractivity contribution in [3.63, 3.8) is 0 Å². The average Bonchev–Trinajstić information content (AvgIpc) is 2.67. The van der Waals surface area contributed by atoms with Crippen molar-refractivity contribution in [2.75, 3.05) is 47.6 Å². The van der Waals surface area contributed by atoms with Crippen molar-refractivity contribution in [2.45, 2.75) is 18.5 Å².